The van der Waals surface area contributed by atoms with Crippen LogP contribution in [0.5, 0.6) is 0 Å². The minimum absolute atomic E-state index is 0.0617. The molecule has 2 rings (SSSR count). The van der Waals surface area contributed by atoms with Crippen molar-refractivity contribution in [3.05, 3.63) is 34.9 Å². The van der Waals surface area contributed by atoms with Gasteiger partial charge in [0.25, 0.3) is 0 Å². The van der Waals surface area contributed by atoms with Crippen LogP contribution in [0.1, 0.15) is 49.3 Å². The van der Waals surface area contributed by atoms with Gasteiger partial charge in [-0.05, 0) is 57.8 Å². The molecule has 1 aromatic rings. The highest BCUT2D eigenvalue weighted by molar-refractivity contribution is 5.31. The molecule has 2 heteroatoms. The summed E-state index contributed by atoms with van der Waals surface area (Å²) in [5, 5.41) is 11.0. The Hall–Kier alpha value is -0.860. The number of nitrogens with zero attached hydrogens (tertiary/aromatic N) is 1. The third-order valence-electron chi connectivity index (χ3n) is 5.44. The molecule has 0 aromatic heterocycles. The van der Waals surface area contributed by atoms with Crippen LogP contribution in [-0.4, -0.2) is 35.7 Å². The van der Waals surface area contributed by atoms with Crippen LogP contribution in [0, 0.1) is 19.8 Å². The summed E-state index contributed by atoms with van der Waals surface area (Å²) in [6.45, 7) is 6.59. The quantitative estimate of drug-likeness (QED) is 0.913. The van der Waals surface area contributed by atoms with Gasteiger partial charge in [0.05, 0.1) is 6.10 Å². The maximum atomic E-state index is 11.0. The van der Waals surface area contributed by atoms with Gasteiger partial charge in [0.15, 0.2) is 0 Å². The first-order chi connectivity index (χ1) is 9.85. The molecule has 0 spiro atoms. The summed E-state index contributed by atoms with van der Waals surface area (Å²) in [5.41, 5.74) is 3.80. The zero-order valence-corrected chi connectivity index (χ0v) is 14.3. The Balaban J connectivity index is 2.23. The Morgan fingerprint density at radius 1 is 1.33 bits per heavy atom. The molecule has 3 atom stereocenters. The maximum absolute atomic E-state index is 11.0. The summed E-state index contributed by atoms with van der Waals surface area (Å²) in [5.74, 6) is 0.703. The molecule has 0 radical (unpaired) electrons. The van der Waals surface area contributed by atoms with Gasteiger partial charge < -0.3 is 10.0 Å². The topological polar surface area (TPSA) is 23.5 Å². The van der Waals surface area contributed by atoms with Gasteiger partial charge in [-0.1, -0.05) is 43.5 Å². The molecule has 1 N–H and O–H groups in total. The molecule has 1 aliphatic rings. The molecule has 0 heterocycles. The molecule has 1 aliphatic carbocycles. The van der Waals surface area contributed by atoms with E-state index in [2.05, 4.69) is 58.0 Å². The van der Waals surface area contributed by atoms with Crippen molar-refractivity contribution in [3.8, 4) is 0 Å². The van der Waals surface area contributed by atoms with E-state index >= 15 is 0 Å². The Labute approximate surface area is 130 Å². The predicted octanol–water partition coefficient (Wildman–Crippen LogP) is 3.72. The molecule has 0 bridgehead atoms. The second-order valence-electron chi connectivity index (χ2n) is 7.35. The zero-order chi connectivity index (χ0) is 15.6. The van der Waals surface area contributed by atoms with Crippen LogP contribution in [-0.2, 0) is 6.42 Å². The molecule has 0 amide bonds. The number of aliphatic hydroxyl groups is 1. The molecular formula is C19H31NO. The van der Waals surface area contributed by atoms with Gasteiger partial charge in [0.2, 0.25) is 0 Å². The molecule has 118 valence electrons. The zero-order valence-electron chi connectivity index (χ0n) is 14.3. The van der Waals surface area contributed by atoms with Crippen molar-refractivity contribution in [2.24, 2.45) is 5.92 Å². The van der Waals surface area contributed by atoms with E-state index in [1.165, 1.54) is 29.5 Å². The van der Waals surface area contributed by atoms with Crippen molar-refractivity contribution in [2.45, 2.75) is 64.5 Å². The number of hydrogen-bond donors (Lipinski definition) is 1. The van der Waals surface area contributed by atoms with Crippen molar-refractivity contribution in [2.75, 3.05) is 14.1 Å². The molecule has 2 nitrogen and oxygen atoms in total. The van der Waals surface area contributed by atoms with Gasteiger partial charge >= 0.3 is 0 Å². The van der Waals surface area contributed by atoms with Crippen LogP contribution in [0.25, 0.3) is 0 Å². The molecule has 3 unspecified atom stereocenters. The maximum Gasteiger partial charge on any atom is 0.0764 e. The summed E-state index contributed by atoms with van der Waals surface area (Å²) in [6, 6.07) is 6.55. The van der Waals surface area contributed by atoms with Crippen LogP contribution in [0.3, 0.4) is 0 Å². The van der Waals surface area contributed by atoms with Crippen molar-refractivity contribution in [1.82, 2.24) is 4.90 Å². The van der Waals surface area contributed by atoms with Crippen molar-refractivity contribution >= 4 is 0 Å². The molecule has 0 saturated heterocycles. The van der Waals surface area contributed by atoms with E-state index in [1.807, 2.05) is 0 Å². The summed E-state index contributed by atoms with van der Waals surface area (Å²) >= 11 is 0. The van der Waals surface area contributed by atoms with E-state index in [0.29, 0.717) is 5.92 Å². The first kappa shape index (κ1) is 16.5. The molecule has 0 aliphatic heterocycles. The molecule has 1 aromatic carbocycles. The average Bonchev–Trinajstić information content (AvgIpc) is 2.42. The second-order valence-corrected chi connectivity index (χ2v) is 7.35. The highest BCUT2D eigenvalue weighted by Crippen LogP contribution is 2.39. The smallest absolute Gasteiger partial charge is 0.0764 e. The number of benzene rings is 1. The van der Waals surface area contributed by atoms with Crippen LogP contribution < -0.4 is 0 Å². The SMILES string of the molecule is Cc1ccc(C)c(CC(O)C2(N(C)C)CCCC(C)C2)c1. The average molecular weight is 289 g/mol. The number of likely N-dealkylation sites (N-methyl/N-ethyl adjacent to an activating group) is 1. The highest BCUT2D eigenvalue weighted by Gasteiger charge is 2.42. The third-order valence-corrected chi connectivity index (χ3v) is 5.44. The molecule has 1 fully saturated rings. The van der Waals surface area contributed by atoms with Crippen LogP contribution >= 0.6 is 0 Å². The van der Waals surface area contributed by atoms with Crippen molar-refractivity contribution in [3.63, 3.8) is 0 Å². The van der Waals surface area contributed by atoms with E-state index in [4.69, 9.17) is 0 Å². The van der Waals surface area contributed by atoms with Gasteiger partial charge in [0, 0.05) is 12.0 Å². The Kier molecular flexibility index (Phi) is 5.11. The van der Waals surface area contributed by atoms with Crippen molar-refractivity contribution < 1.29 is 5.11 Å². The lowest BCUT2D eigenvalue weighted by molar-refractivity contribution is -0.0425. The monoisotopic (exact) mass is 289 g/mol. The first-order valence-corrected chi connectivity index (χ1v) is 8.27. The lowest BCUT2D eigenvalue weighted by Crippen LogP contribution is -2.56. The summed E-state index contributed by atoms with van der Waals surface area (Å²) in [4.78, 5) is 2.28. The van der Waals surface area contributed by atoms with E-state index in [1.54, 1.807) is 0 Å². The summed E-state index contributed by atoms with van der Waals surface area (Å²) < 4.78 is 0. The molecular weight excluding hydrogens is 258 g/mol. The lowest BCUT2D eigenvalue weighted by Gasteiger charge is -2.48. The largest absolute Gasteiger partial charge is 0.391 e. The lowest BCUT2D eigenvalue weighted by atomic mass is 9.71. The fourth-order valence-electron chi connectivity index (χ4n) is 3.99. The molecule has 1 saturated carbocycles. The Morgan fingerprint density at radius 3 is 2.67 bits per heavy atom. The predicted molar refractivity (Wildman–Crippen MR) is 89.7 cm³/mol. The van der Waals surface area contributed by atoms with Gasteiger partial charge in [0.1, 0.15) is 0 Å². The number of hydrogen-bond acceptors (Lipinski definition) is 2. The highest BCUT2D eigenvalue weighted by atomic mass is 16.3. The van der Waals surface area contributed by atoms with E-state index in [-0.39, 0.29) is 11.6 Å². The van der Waals surface area contributed by atoms with Crippen LogP contribution in [0.2, 0.25) is 0 Å². The second kappa shape index (κ2) is 6.50. The minimum Gasteiger partial charge on any atom is -0.391 e. The number of rotatable bonds is 4. The standard InChI is InChI=1S/C19H31NO/c1-14-8-9-16(3)17(11-14)12-18(21)19(20(4)5)10-6-7-15(2)13-19/h8-9,11,15,18,21H,6-7,10,12-13H2,1-5H3. The van der Waals surface area contributed by atoms with Crippen LogP contribution in [0.15, 0.2) is 18.2 Å². The van der Waals surface area contributed by atoms with Gasteiger partial charge in [-0.3, -0.25) is 0 Å². The fraction of sp³-hybridized carbons (Fsp3) is 0.684. The van der Waals surface area contributed by atoms with E-state index < -0.39 is 0 Å². The summed E-state index contributed by atoms with van der Waals surface area (Å²) in [6.07, 6.45) is 5.20. The van der Waals surface area contributed by atoms with Gasteiger partial charge in [-0.15, -0.1) is 0 Å². The molecule has 21 heavy (non-hydrogen) atoms. The van der Waals surface area contributed by atoms with Gasteiger partial charge in [-0.2, -0.15) is 0 Å². The van der Waals surface area contributed by atoms with Crippen molar-refractivity contribution in [1.29, 1.82) is 0 Å². The summed E-state index contributed by atoms with van der Waals surface area (Å²) in [7, 11) is 4.26. The Bertz CT molecular complexity index is 482. The number of aryl methyl sites for hydroxylation is 2. The third kappa shape index (κ3) is 3.49. The van der Waals surface area contributed by atoms with Gasteiger partial charge in [-0.25, -0.2) is 0 Å². The van der Waals surface area contributed by atoms with Crippen LogP contribution in [0.4, 0.5) is 0 Å². The van der Waals surface area contributed by atoms with E-state index in [0.717, 1.165) is 19.3 Å². The fourth-order valence-corrected chi connectivity index (χ4v) is 3.99. The first-order valence-electron chi connectivity index (χ1n) is 8.27. The Morgan fingerprint density at radius 2 is 2.05 bits per heavy atom. The van der Waals surface area contributed by atoms with E-state index in [9.17, 15) is 5.11 Å². The number of aliphatic hydroxyl groups excluding tert-OH is 1. The normalized spacial score (nSPS) is 27.9. The minimum atomic E-state index is -0.296.